The van der Waals surface area contributed by atoms with Crippen LogP contribution in [0, 0.1) is 0 Å². The molecule has 0 aromatic carbocycles. The van der Waals surface area contributed by atoms with Gasteiger partial charge >= 0.3 is 0 Å². The van der Waals surface area contributed by atoms with E-state index in [9.17, 15) is 0 Å². The maximum Gasteiger partial charge on any atom is 0.106 e. The van der Waals surface area contributed by atoms with E-state index in [-0.39, 0.29) is 5.38 Å². The van der Waals surface area contributed by atoms with Crippen molar-refractivity contribution in [2.75, 3.05) is 0 Å². The second kappa shape index (κ2) is 2.40. The maximum absolute atomic E-state index is 8.91. The van der Waals surface area contributed by atoms with Crippen LogP contribution in [0.4, 0.5) is 0 Å². The normalized spacial score (nSPS) is 29.6. The summed E-state index contributed by atoms with van der Waals surface area (Å²) in [6, 6.07) is 0. The second-order valence-electron chi connectivity index (χ2n) is 2.03. The molecule has 1 aliphatic carbocycles. The first-order chi connectivity index (χ1) is 3.80. The van der Waals surface area contributed by atoms with E-state index in [0.717, 1.165) is 19.3 Å². The number of allylic oxidation sites excluding steroid dienone is 2. The lowest BCUT2D eigenvalue weighted by molar-refractivity contribution is 0.371. The number of hydrogen-bond acceptors (Lipinski definition) is 1. The van der Waals surface area contributed by atoms with Gasteiger partial charge in [0.2, 0.25) is 0 Å². The first-order valence-corrected chi connectivity index (χ1v) is 3.27. The highest BCUT2D eigenvalue weighted by molar-refractivity contribution is 6.22. The van der Waals surface area contributed by atoms with E-state index in [1.165, 1.54) is 0 Å². The van der Waals surface area contributed by atoms with Crippen molar-refractivity contribution in [3.05, 3.63) is 11.8 Å². The van der Waals surface area contributed by atoms with Crippen LogP contribution in [0.1, 0.15) is 19.3 Å². The van der Waals surface area contributed by atoms with Crippen molar-refractivity contribution in [3.63, 3.8) is 0 Å². The largest absolute Gasteiger partial charge is 0.511 e. The van der Waals surface area contributed by atoms with Crippen LogP contribution < -0.4 is 0 Å². The highest BCUT2D eigenvalue weighted by Gasteiger charge is 2.12. The fraction of sp³-hybridized carbons (Fsp3) is 0.667. The Morgan fingerprint density at radius 2 is 2.50 bits per heavy atom. The lowest BCUT2D eigenvalue weighted by atomic mass is 10.1. The quantitative estimate of drug-likeness (QED) is 0.501. The summed E-state index contributed by atoms with van der Waals surface area (Å²) >= 11 is 5.65. The van der Waals surface area contributed by atoms with E-state index in [1.807, 2.05) is 0 Å². The van der Waals surface area contributed by atoms with Crippen LogP contribution in [-0.2, 0) is 0 Å². The van der Waals surface area contributed by atoms with E-state index in [4.69, 9.17) is 16.7 Å². The van der Waals surface area contributed by atoms with E-state index in [0.29, 0.717) is 5.76 Å². The van der Waals surface area contributed by atoms with E-state index >= 15 is 0 Å². The molecule has 1 aliphatic rings. The number of halogens is 1. The van der Waals surface area contributed by atoms with E-state index in [2.05, 4.69) is 0 Å². The zero-order valence-electron chi connectivity index (χ0n) is 4.60. The van der Waals surface area contributed by atoms with Crippen LogP contribution in [-0.4, -0.2) is 10.5 Å². The average Bonchev–Trinajstić information content (AvgIpc) is 1.77. The van der Waals surface area contributed by atoms with Gasteiger partial charge in [0, 0.05) is 0 Å². The minimum atomic E-state index is -0.108. The Balaban J connectivity index is 2.53. The van der Waals surface area contributed by atoms with E-state index < -0.39 is 0 Å². The summed E-state index contributed by atoms with van der Waals surface area (Å²) in [6.45, 7) is 0. The number of rotatable bonds is 0. The zero-order chi connectivity index (χ0) is 5.98. The van der Waals surface area contributed by atoms with Gasteiger partial charge in [-0.3, -0.25) is 0 Å². The second-order valence-corrected chi connectivity index (χ2v) is 2.55. The molecule has 0 heterocycles. The Hall–Kier alpha value is -0.170. The molecule has 8 heavy (non-hydrogen) atoms. The minimum absolute atomic E-state index is 0.108. The summed E-state index contributed by atoms with van der Waals surface area (Å²) in [4.78, 5) is 0. The molecule has 1 atom stereocenters. The molecule has 0 amide bonds. The fourth-order valence-electron chi connectivity index (χ4n) is 0.823. The maximum atomic E-state index is 8.91. The smallest absolute Gasteiger partial charge is 0.106 e. The highest BCUT2D eigenvalue weighted by atomic mass is 35.5. The predicted molar refractivity (Wildman–Crippen MR) is 34.2 cm³/mol. The molecule has 1 rings (SSSR count). The predicted octanol–water partition coefficient (Wildman–Crippen LogP) is 2.22. The first-order valence-electron chi connectivity index (χ1n) is 2.84. The summed E-state index contributed by atoms with van der Waals surface area (Å²) in [5.41, 5.74) is 0. The third kappa shape index (κ3) is 1.16. The van der Waals surface area contributed by atoms with Gasteiger partial charge in [-0.2, -0.15) is 0 Å². The molecule has 0 saturated carbocycles. The van der Waals surface area contributed by atoms with Gasteiger partial charge in [0.25, 0.3) is 0 Å². The first kappa shape index (κ1) is 5.96. The fourth-order valence-corrected chi connectivity index (χ4v) is 1.07. The van der Waals surface area contributed by atoms with Crippen LogP contribution in [0.3, 0.4) is 0 Å². The van der Waals surface area contributed by atoms with Gasteiger partial charge in [0.05, 0.1) is 5.38 Å². The zero-order valence-corrected chi connectivity index (χ0v) is 5.36. The van der Waals surface area contributed by atoms with Gasteiger partial charge in [-0.1, -0.05) is 0 Å². The summed E-state index contributed by atoms with van der Waals surface area (Å²) in [5.74, 6) is 0.359. The van der Waals surface area contributed by atoms with Gasteiger partial charge in [0.1, 0.15) is 5.76 Å². The molecule has 0 fully saturated rings. The van der Waals surface area contributed by atoms with Crippen molar-refractivity contribution in [1.82, 2.24) is 0 Å². The molecule has 46 valence electrons. The molecule has 0 bridgehead atoms. The van der Waals surface area contributed by atoms with Crippen LogP contribution in [0.25, 0.3) is 0 Å². The number of aliphatic hydroxyl groups excluding tert-OH is 1. The summed E-state index contributed by atoms with van der Waals surface area (Å²) in [7, 11) is 0. The molecule has 1 N–H and O–H groups in total. The lowest BCUT2D eigenvalue weighted by Crippen LogP contribution is -2.06. The third-order valence-corrected chi connectivity index (χ3v) is 1.78. The molecule has 1 nitrogen and oxygen atoms in total. The van der Waals surface area contributed by atoms with Gasteiger partial charge in [-0.25, -0.2) is 0 Å². The molecule has 0 aliphatic heterocycles. The molecule has 0 saturated heterocycles. The SMILES string of the molecule is OC1=CCCCC1Cl. The molecular formula is C6H9ClO. The number of alkyl halides is 1. The molecule has 2 heteroatoms. The molecule has 0 radical (unpaired) electrons. The summed E-state index contributed by atoms with van der Waals surface area (Å²) in [6.07, 6.45) is 4.80. The van der Waals surface area contributed by atoms with Gasteiger partial charge in [-0.05, 0) is 25.3 Å². The standard InChI is InChI=1S/C6H9ClO/c7-5-3-1-2-4-6(5)8/h4-5,8H,1-3H2. The minimum Gasteiger partial charge on any atom is -0.511 e. The van der Waals surface area contributed by atoms with Gasteiger partial charge in [0.15, 0.2) is 0 Å². The van der Waals surface area contributed by atoms with Crippen molar-refractivity contribution in [2.45, 2.75) is 24.6 Å². The van der Waals surface area contributed by atoms with Crippen LogP contribution >= 0.6 is 11.6 Å². The van der Waals surface area contributed by atoms with E-state index in [1.54, 1.807) is 6.08 Å². The van der Waals surface area contributed by atoms with Crippen molar-refractivity contribution in [3.8, 4) is 0 Å². The Kier molecular flexibility index (Phi) is 1.79. The summed E-state index contributed by atoms with van der Waals surface area (Å²) < 4.78 is 0. The lowest BCUT2D eigenvalue weighted by Gasteiger charge is -2.11. The molecular weight excluding hydrogens is 124 g/mol. The molecule has 0 spiro atoms. The summed E-state index contributed by atoms with van der Waals surface area (Å²) in [5, 5.41) is 8.80. The number of aliphatic hydroxyl groups is 1. The Morgan fingerprint density at radius 3 is 2.88 bits per heavy atom. The molecule has 0 aromatic heterocycles. The topological polar surface area (TPSA) is 20.2 Å². The molecule has 0 aromatic rings. The number of hydrogen-bond donors (Lipinski definition) is 1. The van der Waals surface area contributed by atoms with Crippen molar-refractivity contribution in [1.29, 1.82) is 0 Å². The Labute approximate surface area is 54.0 Å². The molecule has 1 unspecified atom stereocenters. The van der Waals surface area contributed by atoms with Crippen LogP contribution in [0.5, 0.6) is 0 Å². The third-order valence-electron chi connectivity index (χ3n) is 1.34. The van der Waals surface area contributed by atoms with Gasteiger partial charge < -0.3 is 5.11 Å². The van der Waals surface area contributed by atoms with Crippen LogP contribution in [0.15, 0.2) is 11.8 Å². The monoisotopic (exact) mass is 132 g/mol. The average molecular weight is 133 g/mol. The Bertz CT molecular complexity index is 109. The highest BCUT2D eigenvalue weighted by Crippen LogP contribution is 2.20. The van der Waals surface area contributed by atoms with Crippen molar-refractivity contribution in [2.24, 2.45) is 0 Å². The van der Waals surface area contributed by atoms with Gasteiger partial charge in [-0.15, -0.1) is 11.6 Å². The van der Waals surface area contributed by atoms with Crippen LogP contribution in [0.2, 0.25) is 0 Å². The Morgan fingerprint density at radius 1 is 1.75 bits per heavy atom. The van der Waals surface area contributed by atoms with Crippen molar-refractivity contribution < 1.29 is 5.11 Å². The van der Waals surface area contributed by atoms with Crippen molar-refractivity contribution >= 4 is 11.6 Å².